The van der Waals surface area contributed by atoms with Crippen molar-refractivity contribution >= 4 is 30.6 Å². The van der Waals surface area contributed by atoms with Gasteiger partial charge in [0.1, 0.15) is 5.75 Å². The second kappa shape index (κ2) is 10.3. The summed E-state index contributed by atoms with van der Waals surface area (Å²) in [5, 5.41) is 21.1. The van der Waals surface area contributed by atoms with Crippen LogP contribution < -0.4 is 0 Å². The smallest absolute Gasteiger partial charge is 0.455 e. The van der Waals surface area contributed by atoms with Crippen LogP contribution in [-0.4, -0.2) is 52.1 Å². The number of benzene rings is 1. The van der Waals surface area contributed by atoms with Crippen LogP contribution in [0.3, 0.4) is 0 Å². The summed E-state index contributed by atoms with van der Waals surface area (Å²) in [6, 6.07) is 12.9. The van der Waals surface area contributed by atoms with E-state index in [9.17, 15) is 19.7 Å². The zero-order chi connectivity index (χ0) is 26.3. The van der Waals surface area contributed by atoms with Gasteiger partial charge in [-0.2, -0.15) is 0 Å². The molecule has 0 radical (unpaired) electrons. The van der Waals surface area contributed by atoms with Crippen LogP contribution in [0.15, 0.2) is 59.8 Å². The quantitative estimate of drug-likeness (QED) is 0.351. The highest BCUT2D eigenvalue weighted by molar-refractivity contribution is 6.43. The Morgan fingerprint density at radius 3 is 2.62 bits per heavy atom. The van der Waals surface area contributed by atoms with Gasteiger partial charge in [0.25, 0.3) is 0 Å². The predicted molar refractivity (Wildman–Crippen MR) is 142 cm³/mol. The number of carbonyl (C=O) groups excluding carboxylic acids is 2. The van der Waals surface area contributed by atoms with Crippen LogP contribution in [0.4, 0.5) is 0 Å². The maximum atomic E-state index is 13.1. The molecule has 1 aromatic carbocycles. The van der Waals surface area contributed by atoms with E-state index in [0.717, 1.165) is 16.8 Å². The largest absolute Gasteiger partial charge is 0.507 e. The number of pyridine rings is 1. The van der Waals surface area contributed by atoms with Crippen LogP contribution in [0.5, 0.6) is 5.75 Å². The molecule has 2 amide bonds. The van der Waals surface area contributed by atoms with Crippen LogP contribution in [0.25, 0.3) is 11.6 Å². The highest BCUT2D eigenvalue weighted by Gasteiger charge is 2.56. The van der Waals surface area contributed by atoms with Crippen molar-refractivity contribution in [1.82, 2.24) is 9.88 Å². The van der Waals surface area contributed by atoms with Crippen LogP contribution in [-0.2, 0) is 14.2 Å². The van der Waals surface area contributed by atoms with Gasteiger partial charge in [0.2, 0.25) is 11.8 Å². The van der Waals surface area contributed by atoms with Crippen molar-refractivity contribution in [3.05, 3.63) is 71.1 Å². The Bertz CT molecular complexity index is 1260. The molecule has 3 aliphatic rings. The maximum absolute atomic E-state index is 13.1. The molecular formula is C29H33BN2O5. The summed E-state index contributed by atoms with van der Waals surface area (Å²) >= 11 is 0. The Morgan fingerprint density at radius 2 is 1.92 bits per heavy atom. The van der Waals surface area contributed by atoms with E-state index >= 15 is 0 Å². The molecule has 2 fully saturated rings. The van der Waals surface area contributed by atoms with E-state index in [4.69, 9.17) is 4.65 Å². The van der Waals surface area contributed by atoms with Gasteiger partial charge in [-0.25, -0.2) is 0 Å². The first-order valence-electron chi connectivity index (χ1n) is 13.0. The third-order valence-electron chi connectivity index (χ3n) is 8.10. The number of imide groups is 1. The number of hydrogen-bond donors (Lipinski definition) is 2. The molecule has 2 aliphatic heterocycles. The summed E-state index contributed by atoms with van der Waals surface area (Å²) in [6.07, 6.45) is 5.34. The molecular weight excluding hydrogens is 467 g/mol. The molecule has 0 saturated carbocycles. The fraction of sp³-hybridized carbons (Fsp3) is 0.414. The van der Waals surface area contributed by atoms with Crippen molar-refractivity contribution in [2.75, 3.05) is 7.05 Å². The zero-order valence-corrected chi connectivity index (χ0v) is 21.5. The summed E-state index contributed by atoms with van der Waals surface area (Å²) in [5.41, 5.74) is 4.70. The minimum atomic E-state index is -1.000. The molecule has 3 heterocycles. The van der Waals surface area contributed by atoms with E-state index in [0.29, 0.717) is 31.1 Å². The Hall–Kier alpha value is -3.23. The van der Waals surface area contributed by atoms with E-state index in [1.54, 1.807) is 25.4 Å². The summed E-state index contributed by atoms with van der Waals surface area (Å²) in [5.74, 6) is -0.901. The topological polar surface area (TPSA) is 100.0 Å². The molecule has 8 heteroatoms. The molecule has 0 bridgehead atoms. The highest BCUT2D eigenvalue weighted by atomic mass is 16.5. The van der Waals surface area contributed by atoms with Crippen molar-refractivity contribution in [2.45, 2.75) is 45.5 Å². The van der Waals surface area contributed by atoms with Gasteiger partial charge in [-0.1, -0.05) is 43.7 Å². The number of para-hydroxylation sites is 1. The van der Waals surface area contributed by atoms with Crippen molar-refractivity contribution in [3.63, 3.8) is 0 Å². The molecule has 1 aliphatic carbocycles. The standard InChI is InChI=1S/C29H33BN2O5/c1-17(2)20-15-21-27(29(35)32(3)28(21)34)22-16-30(36)37-25(26(20)22)12-11-18(23-9-6-7-13-31-23)14-19-8-4-5-10-24(19)33/h4-10,13-14,17,21-22,25,27,33,36H,11-12,15-16H2,1-3H3/b18-14-/t21-,22+,25-,27-/m1/s1. The van der Waals surface area contributed by atoms with Gasteiger partial charge in [-0.05, 0) is 72.8 Å². The Labute approximate surface area is 218 Å². The highest BCUT2D eigenvalue weighted by Crippen LogP contribution is 2.51. The fourth-order valence-corrected chi connectivity index (χ4v) is 6.32. The number of phenolic OH excluding ortho intramolecular Hbond substituents is 1. The number of aromatic nitrogens is 1. The first-order valence-corrected chi connectivity index (χ1v) is 13.0. The van der Waals surface area contributed by atoms with Gasteiger partial charge in [0.15, 0.2) is 0 Å². The zero-order valence-electron chi connectivity index (χ0n) is 21.5. The lowest BCUT2D eigenvalue weighted by Gasteiger charge is -2.44. The summed E-state index contributed by atoms with van der Waals surface area (Å²) in [7, 11) is 0.564. The third kappa shape index (κ3) is 4.76. The third-order valence-corrected chi connectivity index (χ3v) is 8.10. The fourth-order valence-electron chi connectivity index (χ4n) is 6.32. The lowest BCUT2D eigenvalue weighted by molar-refractivity contribution is -0.138. The molecule has 5 rings (SSSR count). The molecule has 2 saturated heterocycles. The summed E-state index contributed by atoms with van der Waals surface area (Å²) in [6.45, 7) is 4.23. The summed E-state index contributed by atoms with van der Waals surface area (Å²) < 4.78 is 6.12. The average Bonchev–Trinajstić information content (AvgIpc) is 3.11. The second-order valence-electron chi connectivity index (χ2n) is 10.6. The number of hydrogen-bond acceptors (Lipinski definition) is 6. The van der Waals surface area contributed by atoms with Gasteiger partial charge < -0.3 is 14.8 Å². The van der Waals surface area contributed by atoms with Crippen LogP contribution in [0, 0.1) is 23.7 Å². The summed E-state index contributed by atoms with van der Waals surface area (Å²) in [4.78, 5) is 31.8. The molecule has 0 unspecified atom stereocenters. The van der Waals surface area contributed by atoms with E-state index in [1.165, 1.54) is 10.5 Å². The maximum Gasteiger partial charge on any atom is 0.455 e. The molecule has 2 N–H and O–H groups in total. The number of allylic oxidation sites excluding steroid dienone is 2. The average molecular weight is 500 g/mol. The number of fused-ring (bicyclic) bond motifs is 3. The van der Waals surface area contributed by atoms with E-state index in [2.05, 4.69) is 18.8 Å². The van der Waals surface area contributed by atoms with E-state index in [-0.39, 0.29) is 41.4 Å². The lowest BCUT2D eigenvalue weighted by Crippen LogP contribution is -2.46. The van der Waals surface area contributed by atoms with Crippen LogP contribution in [0.1, 0.15) is 44.4 Å². The first-order chi connectivity index (χ1) is 17.8. The molecule has 4 atom stereocenters. The Morgan fingerprint density at radius 1 is 1.16 bits per heavy atom. The minimum Gasteiger partial charge on any atom is -0.507 e. The molecule has 1 aromatic heterocycles. The molecule has 0 spiro atoms. The number of aromatic hydroxyl groups is 1. The number of carbonyl (C=O) groups is 2. The number of likely N-dealkylation sites (tertiary alicyclic amines) is 1. The Kier molecular flexibility index (Phi) is 7.05. The normalized spacial score (nSPS) is 26.1. The van der Waals surface area contributed by atoms with Gasteiger partial charge in [-0.3, -0.25) is 19.5 Å². The van der Waals surface area contributed by atoms with Gasteiger partial charge >= 0.3 is 7.12 Å². The van der Waals surface area contributed by atoms with Crippen molar-refractivity contribution in [3.8, 4) is 5.75 Å². The SMILES string of the molecule is CC(C)C1=C2[C@@H](CC/C(=C/c3ccccc3O)c3ccccn3)OB(O)C[C@@H]2[C@@H]2C(=O)N(C)C(=O)[C@@H]2C1. The van der Waals surface area contributed by atoms with E-state index in [1.807, 2.05) is 36.4 Å². The van der Waals surface area contributed by atoms with E-state index < -0.39 is 13.0 Å². The minimum absolute atomic E-state index is 0.118. The molecule has 192 valence electrons. The van der Waals surface area contributed by atoms with Gasteiger partial charge in [0, 0.05) is 18.8 Å². The number of amides is 2. The molecule has 7 nitrogen and oxygen atoms in total. The monoisotopic (exact) mass is 500 g/mol. The van der Waals surface area contributed by atoms with Crippen LogP contribution in [0.2, 0.25) is 6.32 Å². The molecule has 37 heavy (non-hydrogen) atoms. The second-order valence-corrected chi connectivity index (χ2v) is 10.6. The van der Waals surface area contributed by atoms with Crippen molar-refractivity contribution in [2.24, 2.45) is 23.7 Å². The van der Waals surface area contributed by atoms with Crippen LogP contribution >= 0.6 is 0 Å². The van der Waals surface area contributed by atoms with Gasteiger partial charge in [0.05, 0.1) is 23.6 Å². The lowest BCUT2D eigenvalue weighted by atomic mass is 9.57. The van der Waals surface area contributed by atoms with Crippen molar-refractivity contribution in [1.29, 1.82) is 0 Å². The number of nitrogens with zero attached hydrogens (tertiary/aromatic N) is 2. The number of phenols is 1. The van der Waals surface area contributed by atoms with Crippen molar-refractivity contribution < 1.29 is 24.4 Å². The molecule has 2 aromatic rings. The number of rotatable bonds is 6. The predicted octanol–water partition coefficient (Wildman–Crippen LogP) is 4.19. The first kappa shape index (κ1) is 25.4. The Balaban J connectivity index is 1.50. The van der Waals surface area contributed by atoms with Gasteiger partial charge in [-0.15, -0.1) is 0 Å².